The number of aliphatic carboxylic acids is 1. The molecule has 6 nitrogen and oxygen atoms in total. The molecule has 0 saturated carbocycles. The molecule has 0 radical (unpaired) electrons. The van der Waals surface area contributed by atoms with Gasteiger partial charge in [-0.25, -0.2) is 0 Å². The summed E-state index contributed by atoms with van der Waals surface area (Å²) in [5.41, 5.74) is 1.09. The van der Waals surface area contributed by atoms with Crippen LogP contribution in [0.4, 0.5) is 0 Å². The van der Waals surface area contributed by atoms with Crippen LogP contribution >= 0.6 is 11.8 Å². The minimum atomic E-state index is -1.13. The minimum absolute atomic E-state index is 0.205. The second kappa shape index (κ2) is 8.21. The molecule has 0 atom stereocenters. The van der Waals surface area contributed by atoms with E-state index in [0.29, 0.717) is 0 Å². The quantitative estimate of drug-likeness (QED) is 0.633. The Bertz CT molecular complexity index is 505. The predicted octanol–water partition coefficient (Wildman–Crippen LogP) is 0.404. The fourth-order valence-corrected chi connectivity index (χ4v) is 2.19. The summed E-state index contributed by atoms with van der Waals surface area (Å²) in [5, 5.41) is 13.0. The molecule has 0 fully saturated rings. The van der Waals surface area contributed by atoms with Gasteiger partial charge >= 0.3 is 5.97 Å². The van der Waals surface area contributed by atoms with E-state index >= 15 is 0 Å². The number of thioether (sulfide) groups is 1. The smallest absolute Gasteiger partial charge is 0.322 e. The third-order valence-corrected chi connectivity index (χ3v) is 3.51. The maximum Gasteiger partial charge on any atom is 0.322 e. The Kier molecular flexibility index (Phi) is 6.58. The predicted molar refractivity (Wildman–Crippen MR) is 75.6 cm³/mol. The molecule has 0 aliphatic carbocycles. The first-order valence-corrected chi connectivity index (χ1v) is 6.91. The number of carbonyl (C=O) groups is 3. The van der Waals surface area contributed by atoms with Crippen LogP contribution in [0.2, 0.25) is 0 Å². The molecule has 20 heavy (non-hydrogen) atoms. The molecule has 0 saturated heterocycles. The molecule has 0 aliphatic rings. The van der Waals surface area contributed by atoms with Crippen molar-refractivity contribution in [3.8, 4) is 0 Å². The number of amides is 2. The molecule has 0 bridgehead atoms. The summed E-state index contributed by atoms with van der Waals surface area (Å²) in [6.07, 6.45) is 0. The van der Waals surface area contributed by atoms with Crippen molar-refractivity contribution in [2.45, 2.75) is 11.8 Å². The van der Waals surface area contributed by atoms with Gasteiger partial charge in [0, 0.05) is 4.90 Å². The molecule has 108 valence electrons. The first kappa shape index (κ1) is 16.0. The highest BCUT2D eigenvalue weighted by Gasteiger charge is 2.07. The van der Waals surface area contributed by atoms with Gasteiger partial charge in [-0.15, -0.1) is 11.8 Å². The monoisotopic (exact) mass is 296 g/mol. The summed E-state index contributed by atoms with van der Waals surface area (Å²) in [5.74, 6) is -1.72. The molecule has 2 amide bonds. The van der Waals surface area contributed by atoms with E-state index in [9.17, 15) is 14.4 Å². The molecular weight excluding hydrogens is 280 g/mol. The van der Waals surface area contributed by atoms with Gasteiger partial charge in [0.25, 0.3) is 0 Å². The van der Waals surface area contributed by atoms with Gasteiger partial charge in [0.15, 0.2) is 0 Å². The molecule has 0 aliphatic heterocycles. The first-order valence-electron chi connectivity index (χ1n) is 5.92. The lowest BCUT2D eigenvalue weighted by atomic mass is 10.2. The van der Waals surface area contributed by atoms with Crippen LogP contribution in [0.3, 0.4) is 0 Å². The van der Waals surface area contributed by atoms with E-state index in [1.165, 1.54) is 11.8 Å². The van der Waals surface area contributed by atoms with Crippen molar-refractivity contribution in [1.29, 1.82) is 0 Å². The second-order valence-electron chi connectivity index (χ2n) is 4.00. The Balaban J connectivity index is 2.25. The van der Waals surface area contributed by atoms with Crippen LogP contribution < -0.4 is 10.6 Å². The average Bonchev–Trinajstić information content (AvgIpc) is 2.42. The van der Waals surface area contributed by atoms with Gasteiger partial charge < -0.3 is 15.7 Å². The molecule has 1 aromatic carbocycles. The molecule has 0 spiro atoms. The number of benzene rings is 1. The Labute approximate surface area is 120 Å². The van der Waals surface area contributed by atoms with Crippen molar-refractivity contribution in [1.82, 2.24) is 10.6 Å². The fraction of sp³-hybridized carbons (Fsp3) is 0.308. The van der Waals surface area contributed by atoms with Crippen molar-refractivity contribution in [3.63, 3.8) is 0 Å². The maximum absolute atomic E-state index is 11.5. The van der Waals surface area contributed by atoms with E-state index in [4.69, 9.17) is 5.11 Å². The van der Waals surface area contributed by atoms with Crippen LogP contribution in [-0.2, 0) is 14.4 Å². The number of rotatable bonds is 7. The summed E-state index contributed by atoms with van der Waals surface area (Å²) >= 11 is 1.39. The summed E-state index contributed by atoms with van der Waals surface area (Å²) in [6.45, 7) is 1.28. The largest absolute Gasteiger partial charge is 0.480 e. The van der Waals surface area contributed by atoms with Gasteiger partial charge in [0.2, 0.25) is 11.8 Å². The van der Waals surface area contributed by atoms with E-state index in [0.717, 1.165) is 10.5 Å². The number of hydrogen-bond donors (Lipinski definition) is 3. The Morgan fingerprint density at radius 3 is 2.40 bits per heavy atom. The van der Waals surface area contributed by atoms with Crippen LogP contribution in [0.15, 0.2) is 29.2 Å². The maximum atomic E-state index is 11.5. The van der Waals surface area contributed by atoms with Gasteiger partial charge in [-0.3, -0.25) is 14.4 Å². The van der Waals surface area contributed by atoms with Gasteiger partial charge in [0.05, 0.1) is 12.3 Å². The standard InChI is InChI=1S/C13H16N2O4S/c1-9-4-2-3-5-10(9)20-8-12(17)14-6-11(16)15-7-13(18)19/h2-5H,6-8H2,1H3,(H,14,17)(H,15,16)(H,18,19). The fourth-order valence-electron chi connectivity index (χ4n) is 1.33. The first-order chi connectivity index (χ1) is 9.49. The van der Waals surface area contributed by atoms with Crippen molar-refractivity contribution in [3.05, 3.63) is 29.8 Å². The number of aryl methyl sites for hydroxylation is 1. The topological polar surface area (TPSA) is 95.5 Å². The summed E-state index contributed by atoms with van der Waals surface area (Å²) in [6, 6.07) is 7.70. The van der Waals surface area contributed by atoms with Gasteiger partial charge in [-0.2, -0.15) is 0 Å². The van der Waals surface area contributed by atoms with E-state index in [2.05, 4.69) is 10.6 Å². The lowest BCUT2D eigenvalue weighted by Crippen LogP contribution is -2.39. The Hall–Kier alpha value is -2.02. The van der Waals surface area contributed by atoms with Crippen LogP contribution in [0, 0.1) is 6.92 Å². The number of carbonyl (C=O) groups excluding carboxylic acids is 2. The van der Waals surface area contributed by atoms with Gasteiger partial charge in [0.1, 0.15) is 6.54 Å². The van der Waals surface area contributed by atoms with Crippen LogP contribution in [0.1, 0.15) is 5.56 Å². The van der Waals surface area contributed by atoms with Crippen molar-refractivity contribution < 1.29 is 19.5 Å². The third kappa shape index (κ3) is 6.24. The summed E-state index contributed by atoms with van der Waals surface area (Å²) in [7, 11) is 0. The van der Waals surface area contributed by atoms with Gasteiger partial charge in [-0.05, 0) is 18.6 Å². The van der Waals surface area contributed by atoms with E-state index < -0.39 is 18.4 Å². The lowest BCUT2D eigenvalue weighted by molar-refractivity contribution is -0.137. The second-order valence-corrected chi connectivity index (χ2v) is 5.02. The van der Waals surface area contributed by atoms with Crippen molar-refractivity contribution in [2.24, 2.45) is 0 Å². The van der Waals surface area contributed by atoms with Crippen molar-refractivity contribution >= 4 is 29.5 Å². The number of nitrogens with one attached hydrogen (secondary N) is 2. The zero-order valence-electron chi connectivity index (χ0n) is 11.0. The highest BCUT2D eigenvalue weighted by Crippen LogP contribution is 2.21. The number of carboxylic acid groups (broad SMARTS) is 1. The lowest BCUT2D eigenvalue weighted by Gasteiger charge is -2.06. The van der Waals surface area contributed by atoms with Gasteiger partial charge in [-0.1, -0.05) is 18.2 Å². The third-order valence-electron chi connectivity index (χ3n) is 2.34. The van der Waals surface area contributed by atoms with Crippen LogP contribution in [0.5, 0.6) is 0 Å². The highest BCUT2D eigenvalue weighted by molar-refractivity contribution is 8.00. The van der Waals surface area contributed by atoms with E-state index in [1.54, 1.807) is 0 Å². The highest BCUT2D eigenvalue weighted by atomic mass is 32.2. The molecule has 0 heterocycles. The molecule has 3 N–H and O–H groups in total. The zero-order valence-corrected chi connectivity index (χ0v) is 11.8. The minimum Gasteiger partial charge on any atom is -0.480 e. The molecule has 1 aromatic rings. The van der Waals surface area contributed by atoms with Crippen LogP contribution in [-0.4, -0.2) is 41.7 Å². The van der Waals surface area contributed by atoms with Crippen LogP contribution in [0.25, 0.3) is 0 Å². The summed E-state index contributed by atoms with van der Waals surface area (Å²) in [4.78, 5) is 34.0. The molecule has 0 aromatic heterocycles. The zero-order chi connectivity index (χ0) is 15.0. The Morgan fingerprint density at radius 2 is 1.75 bits per heavy atom. The van der Waals surface area contributed by atoms with Crippen molar-refractivity contribution in [2.75, 3.05) is 18.8 Å². The summed E-state index contributed by atoms with van der Waals surface area (Å²) < 4.78 is 0. The molecule has 1 rings (SSSR count). The molecule has 7 heteroatoms. The number of carboxylic acids is 1. The SMILES string of the molecule is Cc1ccccc1SCC(=O)NCC(=O)NCC(=O)O. The number of hydrogen-bond acceptors (Lipinski definition) is 4. The van der Waals surface area contributed by atoms with E-state index in [-0.39, 0.29) is 18.2 Å². The average molecular weight is 296 g/mol. The normalized spacial score (nSPS) is 9.85. The van der Waals surface area contributed by atoms with E-state index in [1.807, 2.05) is 31.2 Å². The molecular formula is C13H16N2O4S. The Morgan fingerprint density at radius 1 is 1.10 bits per heavy atom. The molecule has 0 unspecified atom stereocenters.